The zero-order valence-corrected chi connectivity index (χ0v) is 8.84. The van der Waals surface area contributed by atoms with E-state index >= 15 is 0 Å². The fourth-order valence-electron chi connectivity index (χ4n) is 0.829. The van der Waals surface area contributed by atoms with Gasteiger partial charge in [-0.05, 0) is 32.4 Å². The average molecular weight is 184 g/mol. The van der Waals surface area contributed by atoms with Crippen molar-refractivity contribution in [1.82, 2.24) is 0 Å². The van der Waals surface area contributed by atoms with Crippen molar-refractivity contribution in [2.75, 3.05) is 13.2 Å². The molecule has 0 aliphatic carbocycles. The summed E-state index contributed by atoms with van der Waals surface area (Å²) < 4.78 is 5.26. The second-order valence-electron chi connectivity index (χ2n) is 3.28. The molecular formula is C11H20O2. The number of hydrogen-bond acceptors (Lipinski definition) is 2. The highest BCUT2D eigenvalue weighted by molar-refractivity contribution is 5.14. The van der Waals surface area contributed by atoms with Crippen LogP contribution in [-0.4, -0.2) is 18.3 Å². The molecule has 0 fully saturated rings. The normalized spacial score (nSPS) is 11.5. The molecule has 0 aliphatic heterocycles. The quantitative estimate of drug-likeness (QED) is 0.390. The number of rotatable bonds is 6. The molecule has 1 N–H and O–H groups in total. The Morgan fingerprint density at radius 3 is 2.62 bits per heavy atom. The molecule has 0 heterocycles. The van der Waals surface area contributed by atoms with Gasteiger partial charge in [-0.2, -0.15) is 0 Å². The van der Waals surface area contributed by atoms with Crippen molar-refractivity contribution in [3.8, 4) is 0 Å². The fraction of sp³-hybridized carbons (Fsp3) is 0.636. The number of unbranched alkanes of at least 4 members (excludes halogenated alkanes) is 1. The van der Waals surface area contributed by atoms with E-state index in [4.69, 9.17) is 4.74 Å². The predicted molar refractivity (Wildman–Crippen MR) is 55.9 cm³/mol. The summed E-state index contributed by atoms with van der Waals surface area (Å²) >= 11 is 0. The second kappa shape index (κ2) is 7.87. The zero-order chi connectivity index (χ0) is 10.1. The molecule has 0 aromatic rings. The minimum atomic E-state index is 0.288. The molecule has 0 radical (unpaired) electrons. The van der Waals surface area contributed by atoms with Gasteiger partial charge in [0, 0.05) is 6.61 Å². The Kier molecular flexibility index (Phi) is 7.41. The number of aliphatic hydroxyl groups excluding tert-OH is 1. The van der Waals surface area contributed by atoms with Crippen LogP contribution >= 0.6 is 0 Å². The third kappa shape index (κ3) is 9.15. The van der Waals surface area contributed by atoms with Gasteiger partial charge in [-0.25, -0.2) is 0 Å². The van der Waals surface area contributed by atoms with Gasteiger partial charge in [-0.3, -0.25) is 0 Å². The van der Waals surface area contributed by atoms with Crippen LogP contribution in [-0.2, 0) is 4.74 Å². The van der Waals surface area contributed by atoms with Gasteiger partial charge in [0.25, 0.3) is 0 Å². The first-order valence-corrected chi connectivity index (χ1v) is 4.78. The third-order valence-electron chi connectivity index (χ3n) is 1.49. The largest absolute Gasteiger partial charge is 0.508 e. The summed E-state index contributed by atoms with van der Waals surface area (Å²) in [7, 11) is 0. The minimum absolute atomic E-state index is 0.288. The maximum absolute atomic E-state index is 9.28. The summed E-state index contributed by atoms with van der Waals surface area (Å²) in [6.07, 6.45) is 5.63. The second-order valence-corrected chi connectivity index (χ2v) is 3.28. The monoisotopic (exact) mass is 184 g/mol. The molecule has 2 nitrogen and oxygen atoms in total. The van der Waals surface area contributed by atoms with Crippen LogP contribution in [0.5, 0.6) is 0 Å². The van der Waals surface area contributed by atoms with Crippen molar-refractivity contribution in [2.24, 2.45) is 0 Å². The molecule has 0 saturated heterocycles. The van der Waals surface area contributed by atoms with E-state index < -0.39 is 0 Å². The number of aliphatic hydroxyl groups is 1. The summed E-state index contributed by atoms with van der Waals surface area (Å²) in [5, 5.41) is 9.28. The van der Waals surface area contributed by atoms with Gasteiger partial charge in [-0.15, -0.1) is 0 Å². The lowest BCUT2D eigenvalue weighted by molar-refractivity contribution is 0.157. The van der Waals surface area contributed by atoms with Crippen LogP contribution in [0.4, 0.5) is 0 Å². The Morgan fingerprint density at radius 2 is 2.08 bits per heavy atom. The molecule has 0 saturated carbocycles. The zero-order valence-electron chi connectivity index (χ0n) is 8.84. The minimum Gasteiger partial charge on any atom is -0.508 e. The van der Waals surface area contributed by atoms with Crippen molar-refractivity contribution < 1.29 is 9.84 Å². The molecule has 76 valence electrons. The molecule has 13 heavy (non-hydrogen) atoms. The summed E-state index contributed by atoms with van der Waals surface area (Å²) in [6.45, 7) is 7.29. The fourth-order valence-corrected chi connectivity index (χ4v) is 0.829. The van der Waals surface area contributed by atoms with Crippen LogP contribution in [0, 0.1) is 0 Å². The van der Waals surface area contributed by atoms with Crippen LogP contribution in [0.2, 0.25) is 0 Å². The van der Waals surface area contributed by atoms with Crippen molar-refractivity contribution in [3.63, 3.8) is 0 Å². The lowest BCUT2D eigenvalue weighted by Crippen LogP contribution is -1.94. The van der Waals surface area contributed by atoms with Crippen LogP contribution in [0.3, 0.4) is 0 Å². The number of allylic oxidation sites excluding steroid dienone is 2. The van der Waals surface area contributed by atoms with E-state index in [0.29, 0.717) is 6.61 Å². The first kappa shape index (κ1) is 12.2. The highest BCUT2D eigenvalue weighted by Gasteiger charge is 1.88. The van der Waals surface area contributed by atoms with Crippen LogP contribution < -0.4 is 0 Å². The SMILES string of the molecule is CCCCOCC=C(O)C=C(C)C. The summed E-state index contributed by atoms with van der Waals surface area (Å²) in [5.41, 5.74) is 1.09. The molecule has 0 aromatic carbocycles. The molecular weight excluding hydrogens is 164 g/mol. The molecule has 0 aromatic heterocycles. The van der Waals surface area contributed by atoms with Crippen molar-refractivity contribution in [2.45, 2.75) is 33.6 Å². The van der Waals surface area contributed by atoms with E-state index in [2.05, 4.69) is 6.92 Å². The van der Waals surface area contributed by atoms with E-state index in [-0.39, 0.29) is 5.76 Å². The summed E-state index contributed by atoms with van der Waals surface area (Å²) in [5.74, 6) is 0.288. The van der Waals surface area contributed by atoms with Gasteiger partial charge in [0.15, 0.2) is 0 Å². The summed E-state index contributed by atoms with van der Waals surface area (Å²) in [6, 6.07) is 0. The highest BCUT2D eigenvalue weighted by Crippen LogP contribution is 1.97. The molecule has 0 aliphatic rings. The topological polar surface area (TPSA) is 29.5 Å². The maximum atomic E-state index is 9.28. The molecule has 2 heteroatoms. The first-order chi connectivity index (χ1) is 6.16. The molecule has 0 rings (SSSR count). The Hall–Kier alpha value is -0.760. The van der Waals surface area contributed by atoms with E-state index in [0.717, 1.165) is 25.0 Å². The Balaban J connectivity index is 3.54. The maximum Gasteiger partial charge on any atom is 0.113 e. The van der Waals surface area contributed by atoms with Gasteiger partial charge >= 0.3 is 0 Å². The lowest BCUT2D eigenvalue weighted by Gasteiger charge is -1.98. The standard InChI is InChI=1S/C11H20O2/c1-4-5-7-13-8-6-11(12)9-10(2)3/h6,9,12H,4-5,7-8H2,1-3H3. The van der Waals surface area contributed by atoms with E-state index in [9.17, 15) is 5.11 Å². The third-order valence-corrected chi connectivity index (χ3v) is 1.49. The predicted octanol–water partition coefficient (Wildman–Crippen LogP) is 3.21. The Labute approximate surface area is 80.9 Å². The van der Waals surface area contributed by atoms with Gasteiger partial charge in [0.1, 0.15) is 5.76 Å². The van der Waals surface area contributed by atoms with Gasteiger partial charge in [0.2, 0.25) is 0 Å². The van der Waals surface area contributed by atoms with Gasteiger partial charge in [-0.1, -0.05) is 18.9 Å². The van der Waals surface area contributed by atoms with Crippen molar-refractivity contribution in [3.05, 3.63) is 23.5 Å². The number of hydrogen-bond donors (Lipinski definition) is 1. The van der Waals surface area contributed by atoms with Crippen molar-refractivity contribution >= 4 is 0 Å². The van der Waals surface area contributed by atoms with Crippen molar-refractivity contribution in [1.29, 1.82) is 0 Å². The van der Waals surface area contributed by atoms with Crippen LogP contribution in [0.15, 0.2) is 23.5 Å². The van der Waals surface area contributed by atoms with Crippen LogP contribution in [0.25, 0.3) is 0 Å². The van der Waals surface area contributed by atoms with E-state index in [1.54, 1.807) is 12.2 Å². The van der Waals surface area contributed by atoms with Crippen LogP contribution in [0.1, 0.15) is 33.6 Å². The van der Waals surface area contributed by atoms with Gasteiger partial charge in [0.05, 0.1) is 6.61 Å². The average Bonchev–Trinajstić information content (AvgIpc) is 2.02. The summed E-state index contributed by atoms with van der Waals surface area (Å²) in [4.78, 5) is 0. The lowest BCUT2D eigenvalue weighted by atomic mass is 10.3. The van der Waals surface area contributed by atoms with Gasteiger partial charge < -0.3 is 9.84 Å². The Morgan fingerprint density at radius 1 is 1.38 bits per heavy atom. The highest BCUT2D eigenvalue weighted by atomic mass is 16.5. The Bertz CT molecular complexity index is 177. The molecule has 0 spiro atoms. The molecule has 0 amide bonds. The molecule has 0 atom stereocenters. The van der Waals surface area contributed by atoms with E-state index in [1.165, 1.54) is 0 Å². The number of ether oxygens (including phenoxy) is 1. The first-order valence-electron chi connectivity index (χ1n) is 4.78. The smallest absolute Gasteiger partial charge is 0.113 e. The van der Waals surface area contributed by atoms with E-state index in [1.807, 2.05) is 13.8 Å². The molecule has 0 unspecified atom stereocenters. The molecule has 0 bridgehead atoms.